The molecule has 2 heteroatoms. The van der Waals surface area contributed by atoms with Crippen LogP contribution >= 0.6 is 12.4 Å². The molecule has 1 aromatic carbocycles. The van der Waals surface area contributed by atoms with Crippen LogP contribution in [0.4, 0.5) is 0 Å². The highest BCUT2D eigenvalue weighted by Gasteiger charge is 2.24. The first-order valence-electron chi connectivity index (χ1n) is 4.13. The minimum Gasteiger partial charge on any atom is -0.324 e. The van der Waals surface area contributed by atoms with E-state index < -0.39 is 0 Å². The lowest BCUT2D eigenvalue weighted by atomic mass is 10.0. The Bertz CT molecular complexity index is 245. The summed E-state index contributed by atoms with van der Waals surface area (Å²) in [5.41, 5.74) is 8.73. The Morgan fingerprint density at radius 3 is 2.42 bits per heavy atom. The first-order chi connectivity index (χ1) is 5.29. The minimum atomic E-state index is 0. The van der Waals surface area contributed by atoms with Crippen molar-refractivity contribution in [3.63, 3.8) is 0 Å². The first-order valence-corrected chi connectivity index (χ1v) is 4.13. The van der Waals surface area contributed by atoms with Crippen molar-refractivity contribution in [1.29, 1.82) is 0 Å². The van der Waals surface area contributed by atoms with Crippen LogP contribution in [0.3, 0.4) is 0 Å². The van der Waals surface area contributed by atoms with E-state index in [4.69, 9.17) is 5.73 Å². The van der Waals surface area contributed by atoms with Crippen LogP contribution < -0.4 is 5.73 Å². The number of halogens is 1. The van der Waals surface area contributed by atoms with E-state index in [-0.39, 0.29) is 18.4 Å². The Morgan fingerprint density at radius 2 is 1.83 bits per heavy atom. The molecule has 0 unspecified atom stereocenters. The Hall–Kier alpha value is -0.530. The van der Waals surface area contributed by atoms with Crippen molar-refractivity contribution in [3.8, 4) is 0 Å². The van der Waals surface area contributed by atoms with Crippen LogP contribution in [-0.4, -0.2) is 0 Å². The molecule has 0 saturated carbocycles. The van der Waals surface area contributed by atoms with Gasteiger partial charge in [-0.15, -0.1) is 12.4 Å². The predicted octanol–water partition coefficient (Wildman–Crippen LogP) is 2.62. The Kier molecular flexibility index (Phi) is 2.76. The van der Waals surface area contributed by atoms with E-state index in [9.17, 15) is 0 Å². The van der Waals surface area contributed by atoms with Crippen molar-refractivity contribution in [3.05, 3.63) is 35.4 Å². The lowest BCUT2D eigenvalue weighted by Crippen LogP contribution is -2.04. The largest absolute Gasteiger partial charge is 0.324 e. The monoisotopic (exact) mass is 183 g/mol. The van der Waals surface area contributed by atoms with Crippen molar-refractivity contribution >= 4 is 12.4 Å². The molecule has 0 saturated heterocycles. The van der Waals surface area contributed by atoms with Crippen LogP contribution in [0.15, 0.2) is 24.3 Å². The molecule has 2 N–H and O–H groups in total. The molecule has 0 bridgehead atoms. The van der Waals surface area contributed by atoms with Crippen LogP contribution in [0.25, 0.3) is 0 Å². The zero-order valence-corrected chi connectivity index (χ0v) is 7.97. The lowest BCUT2D eigenvalue weighted by molar-refractivity contribution is 0.640. The minimum absolute atomic E-state index is 0. The molecular formula is C10H14ClN. The average molecular weight is 184 g/mol. The summed E-state index contributed by atoms with van der Waals surface area (Å²) in [4.78, 5) is 0. The molecule has 66 valence electrons. The van der Waals surface area contributed by atoms with E-state index in [1.54, 1.807) is 0 Å². The number of rotatable bonds is 0. The molecule has 0 amide bonds. The lowest BCUT2D eigenvalue weighted by Gasteiger charge is -2.02. The van der Waals surface area contributed by atoms with Gasteiger partial charge in [0.05, 0.1) is 0 Å². The first kappa shape index (κ1) is 9.56. The number of hydrogen-bond donors (Lipinski definition) is 1. The van der Waals surface area contributed by atoms with Gasteiger partial charge >= 0.3 is 0 Å². The van der Waals surface area contributed by atoms with E-state index in [0.717, 1.165) is 6.42 Å². The standard InChI is InChI=1S/C10H13N.ClH/c1-7-6-10(11)9-5-3-2-4-8(7)9;/h2-5,7,10H,6,11H2,1H3;1H/t7-,10+;/m1./s1. The van der Waals surface area contributed by atoms with Gasteiger partial charge in [-0.25, -0.2) is 0 Å². The molecule has 1 nitrogen and oxygen atoms in total. The number of nitrogens with two attached hydrogens (primary N) is 1. The van der Waals surface area contributed by atoms with Crippen molar-refractivity contribution < 1.29 is 0 Å². The van der Waals surface area contributed by atoms with Gasteiger partial charge in [-0.1, -0.05) is 31.2 Å². The number of benzene rings is 1. The van der Waals surface area contributed by atoms with E-state index in [1.807, 2.05) is 0 Å². The quantitative estimate of drug-likeness (QED) is 0.658. The van der Waals surface area contributed by atoms with Crippen molar-refractivity contribution in [2.24, 2.45) is 5.73 Å². The molecule has 0 aliphatic heterocycles. The summed E-state index contributed by atoms with van der Waals surface area (Å²) in [6, 6.07) is 8.77. The van der Waals surface area contributed by atoms with Gasteiger partial charge in [0, 0.05) is 6.04 Å². The maximum absolute atomic E-state index is 5.94. The molecule has 1 aromatic rings. The molecule has 2 rings (SSSR count). The third kappa shape index (κ3) is 1.35. The SMILES string of the molecule is C[C@@H]1C[C@H](N)c2ccccc21.Cl. The summed E-state index contributed by atoms with van der Waals surface area (Å²) in [6.07, 6.45) is 1.11. The van der Waals surface area contributed by atoms with Crippen LogP contribution in [-0.2, 0) is 0 Å². The zero-order valence-electron chi connectivity index (χ0n) is 7.16. The van der Waals surface area contributed by atoms with Crippen LogP contribution in [0.1, 0.15) is 36.4 Å². The topological polar surface area (TPSA) is 26.0 Å². The number of fused-ring (bicyclic) bond motifs is 1. The summed E-state index contributed by atoms with van der Waals surface area (Å²) in [6.45, 7) is 2.24. The predicted molar refractivity (Wildman–Crippen MR) is 53.7 cm³/mol. The molecule has 1 aliphatic carbocycles. The van der Waals surface area contributed by atoms with E-state index in [2.05, 4.69) is 31.2 Å². The van der Waals surface area contributed by atoms with Crippen LogP contribution in [0, 0.1) is 0 Å². The summed E-state index contributed by atoms with van der Waals surface area (Å²) >= 11 is 0. The number of hydrogen-bond acceptors (Lipinski definition) is 1. The normalized spacial score (nSPS) is 26.2. The second-order valence-electron chi connectivity index (χ2n) is 3.37. The van der Waals surface area contributed by atoms with E-state index in [0.29, 0.717) is 5.92 Å². The fourth-order valence-corrected chi connectivity index (χ4v) is 1.93. The van der Waals surface area contributed by atoms with Crippen molar-refractivity contribution in [2.75, 3.05) is 0 Å². The molecule has 2 atom stereocenters. The second kappa shape index (κ2) is 3.46. The Morgan fingerprint density at radius 1 is 1.25 bits per heavy atom. The van der Waals surface area contributed by atoms with Gasteiger partial charge in [-0.2, -0.15) is 0 Å². The average Bonchev–Trinajstić information content (AvgIpc) is 2.30. The van der Waals surface area contributed by atoms with Gasteiger partial charge in [-0.3, -0.25) is 0 Å². The van der Waals surface area contributed by atoms with Gasteiger partial charge in [0.25, 0.3) is 0 Å². The third-order valence-corrected chi connectivity index (χ3v) is 2.53. The highest BCUT2D eigenvalue weighted by molar-refractivity contribution is 5.85. The van der Waals surface area contributed by atoms with Gasteiger partial charge < -0.3 is 5.73 Å². The molecular weight excluding hydrogens is 170 g/mol. The van der Waals surface area contributed by atoms with Gasteiger partial charge in [-0.05, 0) is 23.5 Å². The van der Waals surface area contributed by atoms with E-state index >= 15 is 0 Å². The van der Waals surface area contributed by atoms with E-state index in [1.165, 1.54) is 11.1 Å². The highest BCUT2D eigenvalue weighted by atomic mass is 35.5. The second-order valence-corrected chi connectivity index (χ2v) is 3.37. The molecule has 1 aliphatic rings. The Balaban J connectivity index is 0.000000720. The van der Waals surface area contributed by atoms with Crippen molar-refractivity contribution in [2.45, 2.75) is 25.3 Å². The molecule has 0 fully saturated rings. The zero-order chi connectivity index (χ0) is 7.84. The third-order valence-electron chi connectivity index (χ3n) is 2.53. The molecule has 0 aromatic heterocycles. The van der Waals surface area contributed by atoms with Crippen LogP contribution in [0.2, 0.25) is 0 Å². The summed E-state index contributed by atoms with van der Waals surface area (Å²) < 4.78 is 0. The van der Waals surface area contributed by atoms with Crippen LogP contribution in [0.5, 0.6) is 0 Å². The molecule has 12 heavy (non-hydrogen) atoms. The van der Waals surface area contributed by atoms with Crippen molar-refractivity contribution in [1.82, 2.24) is 0 Å². The Labute approximate surface area is 79.4 Å². The van der Waals surface area contributed by atoms with Gasteiger partial charge in [0.2, 0.25) is 0 Å². The highest BCUT2D eigenvalue weighted by Crippen LogP contribution is 2.37. The molecule has 0 heterocycles. The molecule has 0 radical (unpaired) electrons. The fraction of sp³-hybridized carbons (Fsp3) is 0.400. The fourth-order valence-electron chi connectivity index (χ4n) is 1.93. The smallest absolute Gasteiger partial charge is 0.0303 e. The van der Waals surface area contributed by atoms with Gasteiger partial charge in [0.15, 0.2) is 0 Å². The molecule has 0 spiro atoms. The summed E-state index contributed by atoms with van der Waals surface area (Å²) in [5.74, 6) is 0.654. The van der Waals surface area contributed by atoms with Gasteiger partial charge in [0.1, 0.15) is 0 Å². The maximum atomic E-state index is 5.94. The maximum Gasteiger partial charge on any atom is 0.0303 e. The summed E-state index contributed by atoms with van der Waals surface area (Å²) in [5, 5.41) is 0. The summed E-state index contributed by atoms with van der Waals surface area (Å²) in [7, 11) is 0.